The molecule has 0 radical (unpaired) electrons. The Hall–Kier alpha value is -2.91. The predicted molar refractivity (Wildman–Crippen MR) is 92.9 cm³/mol. The number of hydrogen-bond donors (Lipinski definition) is 1. The standard InChI is InChI=1S/C19H17F6NO3/c1-28-15-5-3-2-4-12(15)6-9-17(27)26-14-10-13(19(23,24)25)7-8-16(14)29-11-18(20,21)22/h2-5,7-8,10H,6,9,11H2,1H3,(H,26,27). The highest BCUT2D eigenvalue weighted by atomic mass is 19.4. The first kappa shape index (κ1) is 22.4. The summed E-state index contributed by atoms with van der Waals surface area (Å²) in [4.78, 5) is 12.2. The second-order valence-corrected chi connectivity index (χ2v) is 5.97. The van der Waals surface area contributed by atoms with E-state index in [4.69, 9.17) is 4.74 Å². The molecule has 0 fully saturated rings. The van der Waals surface area contributed by atoms with Crippen LogP contribution in [0.25, 0.3) is 0 Å². The molecule has 0 unspecified atom stereocenters. The van der Waals surface area contributed by atoms with Gasteiger partial charge >= 0.3 is 12.4 Å². The molecular formula is C19H17F6NO3. The summed E-state index contributed by atoms with van der Waals surface area (Å²) in [5.41, 5.74) is -0.922. The second kappa shape index (κ2) is 9.06. The Bertz CT molecular complexity index is 849. The molecule has 158 valence electrons. The van der Waals surface area contributed by atoms with Gasteiger partial charge in [0.25, 0.3) is 0 Å². The molecule has 0 aliphatic heterocycles. The molecule has 10 heteroatoms. The fourth-order valence-electron chi connectivity index (χ4n) is 2.46. The highest BCUT2D eigenvalue weighted by molar-refractivity contribution is 5.92. The summed E-state index contributed by atoms with van der Waals surface area (Å²) in [6.45, 7) is -1.71. The van der Waals surface area contributed by atoms with Crippen LogP contribution in [0.5, 0.6) is 11.5 Å². The minimum absolute atomic E-state index is 0.130. The van der Waals surface area contributed by atoms with E-state index in [1.54, 1.807) is 24.3 Å². The van der Waals surface area contributed by atoms with Crippen molar-refractivity contribution in [2.45, 2.75) is 25.2 Å². The second-order valence-electron chi connectivity index (χ2n) is 5.97. The normalized spacial score (nSPS) is 11.8. The van der Waals surface area contributed by atoms with Gasteiger partial charge in [-0.15, -0.1) is 0 Å². The maximum atomic E-state index is 12.9. The lowest BCUT2D eigenvalue weighted by Crippen LogP contribution is -2.21. The fraction of sp³-hybridized carbons (Fsp3) is 0.316. The Morgan fingerprint density at radius 1 is 1.00 bits per heavy atom. The lowest BCUT2D eigenvalue weighted by molar-refractivity contribution is -0.153. The number of nitrogens with one attached hydrogen (secondary N) is 1. The highest BCUT2D eigenvalue weighted by Gasteiger charge is 2.32. The fourth-order valence-corrected chi connectivity index (χ4v) is 2.46. The van der Waals surface area contributed by atoms with Crippen LogP contribution in [0.4, 0.5) is 32.0 Å². The van der Waals surface area contributed by atoms with Crippen molar-refractivity contribution < 1.29 is 40.6 Å². The summed E-state index contributed by atoms with van der Waals surface area (Å²) >= 11 is 0. The number of alkyl halides is 6. The van der Waals surface area contributed by atoms with Crippen LogP contribution >= 0.6 is 0 Å². The Kier molecular flexibility index (Phi) is 6.99. The number of anilines is 1. The molecule has 2 aromatic rings. The van der Waals surface area contributed by atoms with Gasteiger partial charge in [-0.25, -0.2) is 0 Å². The van der Waals surface area contributed by atoms with Gasteiger partial charge in [-0.3, -0.25) is 4.79 Å². The van der Waals surface area contributed by atoms with E-state index in [1.807, 2.05) is 0 Å². The Morgan fingerprint density at radius 3 is 2.31 bits per heavy atom. The first-order valence-corrected chi connectivity index (χ1v) is 8.32. The third-order valence-electron chi connectivity index (χ3n) is 3.79. The molecule has 1 amide bonds. The van der Waals surface area contributed by atoms with Gasteiger partial charge in [0.05, 0.1) is 18.4 Å². The van der Waals surface area contributed by atoms with Crippen LogP contribution in [0.2, 0.25) is 0 Å². The minimum Gasteiger partial charge on any atom is -0.496 e. The number of halogens is 6. The average molecular weight is 421 g/mol. The van der Waals surface area contributed by atoms with Gasteiger partial charge in [0.15, 0.2) is 6.61 Å². The van der Waals surface area contributed by atoms with E-state index >= 15 is 0 Å². The molecule has 0 spiro atoms. The van der Waals surface area contributed by atoms with E-state index in [2.05, 4.69) is 10.1 Å². The lowest BCUT2D eigenvalue weighted by Gasteiger charge is -2.16. The van der Waals surface area contributed by atoms with Crippen molar-refractivity contribution in [3.05, 3.63) is 53.6 Å². The molecule has 29 heavy (non-hydrogen) atoms. The van der Waals surface area contributed by atoms with E-state index in [0.717, 1.165) is 6.07 Å². The van der Waals surface area contributed by atoms with Gasteiger partial charge in [0, 0.05) is 6.42 Å². The summed E-state index contributed by atoms with van der Waals surface area (Å²) < 4.78 is 85.6. The summed E-state index contributed by atoms with van der Waals surface area (Å²) in [6, 6.07) is 8.71. The maximum Gasteiger partial charge on any atom is 0.422 e. The number of carbonyl (C=O) groups excluding carboxylic acids is 1. The molecule has 1 N–H and O–H groups in total. The smallest absolute Gasteiger partial charge is 0.422 e. The number of rotatable bonds is 7. The summed E-state index contributed by atoms with van der Waals surface area (Å²) in [5, 5.41) is 2.19. The molecule has 0 aromatic heterocycles. The monoisotopic (exact) mass is 421 g/mol. The van der Waals surface area contributed by atoms with Gasteiger partial charge in [-0.05, 0) is 36.2 Å². The van der Waals surface area contributed by atoms with E-state index in [-0.39, 0.29) is 12.8 Å². The Labute approximate surface area is 162 Å². The molecule has 2 aromatic carbocycles. The van der Waals surface area contributed by atoms with Crippen LogP contribution in [-0.2, 0) is 17.4 Å². The van der Waals surface area contributed by atoms with Gasteiger partial charge in [-0.1, -0.05) is 18.2 Å². The predicted octanol–water partition coefficient (Wildman–Crippen LogP) is 5.23. The summed E-state index contributed by atoms with van der Waals surface area (Å²) in [6.07, 6.45) is -9.34. The van der Waals surface area contributed by atoms with Crippen molar-refractivity contribution in [1.82, 2.24) is 0 Å². The first-order chi connectivity index (χ1) is 13.5. The molecule has 0 heterocycles. The van der Waals surface area contributed by atoms with Gasteiger partial charge in [0.2, 0.25) is 5.91 Å². The third kappa shape index (κ3) is 6.88. The highest BCUT2D eigenvalue weighted by Crippen LogP contribution is 2.35. The average Bonchev–Trinajstić information content (AvgIpc) is 2.64. The van der Waals surface area contributed by atoms with E-state index in [0.29, 0.717) is 23.4 Å². The van der Waals surface area contributed by atoms with Crippen molar-refractivity contribution in [2.24, 2.45) is 0 Å². The molecule has 0 bridgehead atoms. The molecule has 0 saturated carbocycles. The first-order valence-electron chi connectivity index (χ1n) is 8.32. The van der Waals surface area contributed by atoms with E-state index < -0.39 is 41.9 Å². The Morgan fingerprint density at radius 2 is 1.69 bits per heavy atom. The van der Waals surface area contributed by atoms with Crippen LogP contribution in [0.15, 0.2) is 42.5 Å². The number of methoxy groups -OCH3 is 1. The van der Waals surface area contributed by atoms with Crippen LogP contribution < -0.4 is 14.8 Å². The Balaban J connectivity index is 2.16. The molecule has 0 atom stereocenters. The molecule has 4 nitrogen and oxygen atoms in total. The number of aryl methyl sites for hydroxylation is 1. The van der Waals surface area contributed by atoms with Crippen molar-refractivity contribution in [3.63, 3.8) is 0 Å². The molecular weight excluding hydrogens is 404 g/mol. The topological polar surface area (TPSA) is 47.6 Å². The van der Waals surface area contributed by atoms with E-state index in [9.17, 15) is 31.1 Å². The van der Waals surface area contributed by atoms with Gasteiger partial charge in [-0.2, -0.15) is 26.3 Å². The zero-order valence-electron chi connectivity index (χ0n) is 15.2. The lowest BCUT2D eigenvalue weighted by atomic mass is 10.1. The number of benzene rings is 2. The zero-order valence-corrected chi connectivity index (χ0v) is 15.2. The molecule has 0 saturated heterocycles. The quantitative estimate of drug-likeness (QED) is 0.623. The van der Waals surface area contributed by atoms with Crippen LogP contribution in [0, 0.1) is 0 Å². The summed E-state index contributed by atoms with van der Waals surface area (Å²) in [5.74, 6) is -0.665. The third-order valence-corrected chi connectivity index (χ3v) is 3.79. The van der Waals surface area contributed by atoms with Crippen molar-refractivity contribution in [2.75, 3.05) is 19.0 Å². The number of ether oxygens (including phenoxy) is 2. The van der Waals surface area contributed by atoms with Gasteiger partial charge in [0.1, 0.15) is 11.5 Å². The maximum absolute atomic E-state index is 12.9. The molecule has 0 aliphatic rings. The van der Waals surface area contributed by atoms with Crippen LogP contribution in [0.1, 0.15) is 17.5 Å². The minimum atomic E-state index is -4.74. The van der Waals surface area contributed by atoms with Crippen LogP contribution in [0.3, 0.4) is 0 Å². The summed E-state index contributed by atoms with van der Waals surface area (Å²) in [7, 11) is 1.45. The number of amides is 1. The van der Waals surface area contributed by atoms with Gasteiger partial charge < -0.3 is 14.8 Å². The zero-order chi connectivity index (χ0) is 21.7. The number of hydrogen-bond acceptors (Lipinski definition) is 3. The van der Waals surface area contributed by atoms with Crippen molar-refractivity contribution >= 4 is 11.6 Å². The van der Waals surface area contributed by atoms with Crippen LogP contribution in [-0.4, -0.2) is 25.8 Å². The molecule has 0 aliphatic carbocycles. The number of carbonyl (C=O) groups is 1. The van der Waals surface area contributed by atoms with Crippen molar-refractivity contribution in [1.29, 1.82) is 0 Å². The SMILES string of the molecule is COc1ccccc1CCC(=O)Nc1cc(C(F)(F)F)ccc1OCC(F)(F)F. The largest absolute Gasteiger partial charge is 0.496 e. The molecule has 2 rings (SSSR count). The van der Waals surface area contributed by atoms with Crippen molar-refractivity contribution in [3.8, 4) is 11.5 Å². The number of para-hydroxylation sites is 1. The van der Waals surface area contributed by atoms with E-state index in [1.165, 1.54) is 7.11 Å².